The van der Waals surface area contributed by atoms with Gasteiger partial charge in [0.1, 0.15) is 0 Å². The van der Waals surface area contributed by atoms with Crippen molar-refractivity contribution < 1.29 is 56.2 Å². The average molecular weight is 951 g/mol. The predicted molar refractivity (Wildman–Crippen MR) is 295 cm³/mol. The molecule has 0 aliphatic carbocycles. The summed E-state index contributed by atoms with van der Waals surface area (Å²) in [5.74, 6) is 0. The van der Waals surface area contributed by atoms with Crippen molar-refractivity contribution in [2.45, 2.75) is 62.8 Å². The van der Waals surface area contributed by atoms with Crippen LogP contribution in [0.1, 0.15) is 54.7 Å². The van der Waals surface area contributed by atoms with E-state index in [1.165, 1.54) is 33.4 Å². The first-order valence-electron chi connectivity index (χ1n) is 20.4. The largest absolute Gasteiger partial charge is 0.400 e. The third kappa shape index (κ3) is 115. The summed E-state index contributed by atoms with van der Waals surface area (Å²) in [6, 6.07) is 61.6. The van der Waals surface area contributed by atoms with Crippen molar-refractivity contribution in [2.24, 2.45) is 0 Å². The molecule has 11 heteroatoms. The number of aliphatic hydroxyl groups excluding tert-OH is 11. The van der Waals surface area contributed by atoms with Gasteiger partial charge in [-0.1, -0.05) is 237 Å². The summed E-state index contributed by atoms with van der Waals surface area (Å²) < 4.78 is 0. The minimum Gasteiger partial charge on any atom is -0.400 e. The van der Waals surface area contributed by atoms with Crippen LogP contribution in [0.15, 0.2) is 182 Å². The van der Waals surface area contributed by atoms with Gasteiger partial charge in [-0.3, -0.25) is 0 Å². The van der Waals surface area contributed by atoms with Crippen molar-refractivity contribution >= 4 is 0 Å². The van der Waals surface area contributed by atoms with Crippen molar-refractivity contribution in [2.75, 3.05) is 78.2 Å². The van der Waals surface area contributed by atoms with Crippen LogP contribution in [-0.2, 0) is 0 Å². The van der Waals surface area contributed by atoms with Gasteiger partial charge in [0.05, 0.1) is 0 Å². The smallest absolute Gasteiger partial charge is 0.0319 e. The minimum atomic E-state index is 0. The summed E-state index contributed by atoms with van der Waals surface area (Å²) in [6.07, 6.45) is 0. The Hall–Kier alpha value is -5.12. The average Bonchev–Trinajstić information content (AvgIpc) is 3.43. The van der Waals surface area contributed by atoms with E-state index < -0.39 is 0 Å². The van der Waals surface area contributed by atoms with Gasteiger partial charge >= 0.3 is 0 Å². The van der Waals surface area contributed by atoms with Gasteiger partial charge in [-0.05, 0) is 41.5 Å². The van der Waals surface area contributed by atoms with Crippen LogP contribution in [0.25, 0.3) is 0 Å². The van der Waals surface area contributed by atoms with Gasteiger partial charge in [0, 0.05) is 78.2 Å². The Morgan fingerprint density at radius 1 is 0.164 bits per heavy atom. The molecule has 0 saturated carbocycles. The zero-order valence-electron chi connectivity index (χ0n) is 44.2. The molecule has 6 rings (SSSR count). The monoisotopic (exact) mass is 951 g/mol. The summed E-state index contributed by atoms with van der Waals surface area (Å²) in [5, 5.41) is 77.0. The molecule has 0 saturated heterocycles. The Morgan fingerprint density at radius 3 is 0.254 bits per heavy atom. The van der Waals surface area contributed by atoms with Crippen LogP contribution >= 0.6 is 0 Å². The highest BCUT2D eigenvalue weighted by Gasteiger charge is 1.75. The first-order chi connectivity index (χ1) is 32.4. The second kappa shape index (κ2) is 119. The van der Waals surface area contributed by atoms with Gasteiger partial charge in [0.25, 0.3) is 0 Å². The summed E-state index contributed by atoms with van der Waals surface area (Å²) in [5.41, 5.74) is 7.93. The third-order valence-corrected chi connectivity index (χ3v) is 5.64. The lowest BCUT2D eigenvalue weighted by molar-refractivity contribution is 0.399. The predicted octanol–water partition coefficient (Wildman–Crippen LogP) is 9.33. The Bertz CT molecular complexity index is 1110. The van der Waals surface area contributed by atoms with Gasteiger partial charge in [0.2, 0.25) is 0 Å². The first kappa shape index (κ1) is 96.0. The Morgan fingerprint density at radius 2 is 0.224 bits per heavy atom. The zero-order chi connectivity index (χ0) is 54.7. The number of hydrogen-bond acceptors (Lipinski definition) is 11. The molecule has 0 spiro atoms. The number of rotatable bonds is 0. The Kier molecular flexibility index (Phi) is 170. The zero-order valence-corrected chi connectivity index (χ0v) is 44.2. The quantitative estimate of drug-likeness (QED) is 0.0689. The van der Waals surface area contributed by atoms with Gasteiger partial charge in [-0.25, -0.2) is 0 Å². The van der Waals surface area contributed by atoms with E-state index in [4.69, 9.17) is 56.2 Å². The van der Waals surface area contributed by atoms with Crippen molar-refractivity contribution in [1.82, 2.24) is 0 Å². The fraction of sp³-hybridized carbons (Fsp3) is 0.357. The van der Waals surface area contributed by atoms with E-state index in [9.17, 15) is 0 Å². The lowest BCUT2D eigenvalue weighted by atomic mass is 10.2. The third-order valence-electron chi connectivity index (χ3n) is 5.64. The molecule has 0 aliphatic rings. The van der Waals surface area contributed by atoms with Crippen molar-refractivity contribution in [1.29, 1.82) is 0 Å². The van der Waals surface area contributed by atoms with E-state index in [0.29, 0.717) is 0 Å². The fourth-order valence-electron chi connectivity index (χ4n) is 3.21. The van der Waals surface area contributed by atoms with E-state index in [-0.39, 0.29) is 7.43 Å². The molecule has 0 radical (unpaired) electrons. The van der Waals surface area contributed by atoms with E-state index >= 15 is 0 Å². The van der Waals surface area contributed by atoms with E-state index in [2.05, 4.69) is 114 Å². The molecule has 0 atom stereocenters. The van der Waals surface area contributed by atoms with Gasteiger partial charge in [0.15, 0.2) is 0 Å². The van der Waals surface area contributed by atoms with E-state index in [1.54, 1.807) is 0 Å². The maximum atomic E-state index is 7.00. The molecular weight excluding hydrogens is 849 g/mol. The maximum Gasteiger partial charge on any atom is 0.0319 e. The second-order valence-corrected chi connectivity index (χ2v) is 9.93. The van der Waals surface area contributed by atoms with Crippen molar-refractivity contribution in [3.8, 4) is 0 Å². The molecule has 0 bridgehead atoms. The highest BCUT2D eigenvalue weighted by Crippen LogP contribution is 1.95. The van der Waals surface area contributed by atoms with Crippen LogP contribution in [0, 0.1) is 41.5 Å². The Labute approximate surface area is 411 Å². The number of aliphatic hydroxyl groups is 11. The molecule has 67 heavy (non-hydrogen) atoms. The molecule has 11 N–H and O–H groups in total. The molecule has 0 aromatic heterocycles. The van der Waals surface area contributed by atoms with E-state index in [1.807, 2.05) is 123 Å². The molecule has 11 nitrogen and oxygen atoms in total. The first-order valence-corrected chi connectivity index (χ1v) is 20.4. The summed E-state index contributed by atoms with van der Waals surface area (Å²) in [4.78, 5) is 0. The molecule has 0 unspecified atom stereocenters. The fourth-order valence-corrected chi connectivity index (χ4v) is 3.21. The number of aryl methyl sites for hydroxylation is 6. The lowest BCUT2D eigenvalue weighted by Gasteiger charge is -1.82. The van der Waals surface area contributed by atoms with Crippen LogP contribution in [0.2, 0.25) is 0 Å². The molecule has 392 valence electrons. The second-order valence-electron chi connectivity index (χ2n) is 9.93. The number of hydrogen-bond donors (Lipinski definition) is 11. The highest BCUT2D eigenvalue weighted by atomic mass is 16.3. The molecule has 6 aromatic carbocycles. The Balaban J connectivity index is -0.0000000434. The normalized spacial score (nSPS) is 6.54. The van der Waals surface area contributed by atoms with Gasteiger partial charge in [-0.2, -0.15) is 0 Å². The lowest BCUT2D eigenvalue weighted by Crippen LogP contribution is -1.62. The highest BCUT2D eigenvalue weighted by molar-refractivity contribution is 5.15. The molecule has 0 fully saturated rings. The molecular formula is C56H102O11. The topological polar surface area (TPSA) is 223 Å². The molecule has 0 aliphatic heterocycles. The maximum absolute atomic E-state index is 7.00. The molecule has 0 heterocycles. The van der Waals surface area contributed by atoms with Crippen LogP contribution in [0.4, 0.5) is 0 Å². The molecule has 0 amide bonds. The van der Waals surface area contributed by atoms with Crippen LogP contribution in [0.5, 0.6) is 0 Å². The number of benzene rings is 6. The minimum absolute atomic E-state index is 0. The molecule has 6 aromatic rings. The van der Waals surface area contributed by atoms with Crippen LogP contribution in [-0.4, -0.2) is 134 Å². The van der Waals surface area contributed by atoms with E-state index in [0.717, 1.165) is 78.2 Å². The van der Waals surface area contributed by atoms with Crippen LogP contribution in [0.3, 0.4) is 0 Å². The van der Waals surface area contributed by atoms with Crippen molar-refractivity contribution in [3.63, 3.8) is 0 Å². The summed E-state index contributed by atoms with van der Waals surface area (Å²) in [6.45, 7) is 16.5. The van der Waals surface area contributed by atoms with Gasteiger partial charge in [-0.15, -0.1) is 0 Å². The van der Waals surface area contributed by atoms with Crippen LogP contribution < -0.4 is 0 Å². The SMILES string of the molecule is C.CC.CO.CO.CO.CO.CO.CO.CO.CO.CO.CO.CO.Cc1ccccc1.Cc1ccccc1.Cc1ccccc1.Cc1ccccc1.Cc1ccccc1.Cc1ccccc1. The summed E-state index contributed by atoms with van der Waals surface area (Å²) >= 11 is 0. The van der Waals surface area contributed by atoms with Gasteiger partial charge < -0.3 is 56.2 Å². The summed E-state index contributed by atoms with van der Waals surface area (Å²) in [7, 11) is 11.0. The standard InChI is InChI=1S/6C7H8.C2H6.11CH4O.CH4/c6*1-7-5-3-2-4-6-7;12*1-2;/h6*2-6H,1H3;1-2H3;11*2H,1H3;1H4. The van der Waals surface area contributed by atoms with Crippen molar-refractivity contribution in [3.05, 3.63) is 215 Å².